The number of halogens is 1. The Labute approximate surface area is 181 Å². The van der Waals surface area contributed by atoms with E-state index in [2.05, 4.69) is 0 Å². The largest absolute Gasteiger partial charge is 0.491 e. The van der Waals surface area contributed by atoms with E-state index in [9.17, 15) is 14.3 Å². The third kappa shape index (κ3) is 7.46. The van der Waals surface area contributed by atoms with Crippen molar-refractivity contribution in [3.05, 3.63) is 29.6 Å². The van der Waals surface area contributed by atoms with Crippen molar-refractivity contribution in [3.63, 3.8) is 0 Å². The van der Waals surface area contributed by atoms with Crippen LogP contribution < -0.4 is 4.74 Å². The molecule has 1 aliphatic heterocycles. The Hall–Kier alpha value is -1.82. The number of hydrogen-bond donors (Lipinski definition) is 1. The molecule has 0 aliphatic carbocycles. The first kappa shape index (κ1) is 26.2. The molecule has 0 atom stereocenters. The van der Waals surface area contributed by atoms with Crippen LogP contribution in [0.4, 0.5) is 9.18 Å². The van der Waals surface area contributed by atoms with E-state index in [-0.39, 0.29) is 30.0 Å². The monoisotopic (exact) mass is 425 g/mol. The summed E-state index contributed by atoms with van der Waals surface area (Å²) in [6.07, 6.45) is 2.45. The molecular weight excluding hydrogens is 385 g/mol. The molecule has 0 aromatic heterocycles. The van der Waals surface area contributed by atoms with Gasteiger partial charge in [-0.25, -0.2) is 9.18 Å². The predicted octanol–water partition coefficient (Wildman–Crippen LogP) is 5.68. The zero-order valence-electron chi connectivity index (χ0n) is 19.8. The van der Waals surface area contributed by atoms with E-state index in [0.29, 0.717) is 38.1 Å². The molecule has 1 heterocycles. The van der Waals surface area contributed by atoms with E-state index < -0.39 is 5.60 Å². The lowest BCUT2D eigenvalue weighted by Crippen LogP contribution is -2.47. The number of aliphatic hydroxyl groups excluding tert-OH is 1. The highest BCUT2D eigenvalue weighted by molar-refractivity contribution is 5.68. The Morgan fingerprint density at radius 2 is 1.83 bits per heavy atom. The molecule has 1 fully saturated rings. The normalized spacial score (nSPS) is 16.0. The number of ether oxygens (including phenoxy) is 2. The molecule has 0 radical (unpaired) electrons. The number of likely N-dealkylation sites (tertiary alicyclic amines) is 1. The van der Waals surface area contributed by atoms with Gasteiger partial charge in [0.2, 0.25) is 0 Å². The molecular formula is C24H40FNO4. The van der Waals surface area contributed by atoms with Crippen LogP contribution in [0, 0.1) is 5.82 Å². The van der Waals surface area contributed by atoms with Crippen molar-refractivity contribution >= 4 is 6.09 Å². The minimum Gasteiger partial charge on any atom is -0.491 e. The van der Waals surface area contributed by atoms with Crippen LogP contribution in [0.5, 0.6) is 5.75 Å². The quantitative estimate of drug-likeness (QED) is 0.637. The second kappa shape index (κ2) is 11.5. The van der Waals surface area contributed by atoms with Gasteiger partial charge in [-0.1, -0.05) is 19.9 Å². The Morgan fingerprint density at radius 1 is 1.23 bits per heavy atom. The smallest absolute Gasteiger partial charge is 0.410 e. The van der Waals surface area contributed by atoms with E-state index in [0.717, 1.165) is 12.0 Å². The molecule has 6 heteroatoms. The van der Waals surface area contributed by atoms with E-state index in [1.165, 1.54) is 12.1 Å². The standard InChI is InChI=1S/C22H34FNO4.C2H6/c1-16(2)27-19-15-17(23)7-8-18(19)22(9-6-14-25)10-12-24(13-11-22)20(26)28-21(3,4)5;1-2/h7-8,15-16,25H,6,9-14H2,1-5H3;1-2H3. The average Bonchev–Trinajstić information content (AvgIpc) is 2.66. The van der Waals surface area contributed by atoms with Gasteiger partial charge >= 0.3 is 6.09 Å². The maximum absolute atomic E-state index is 13.9. The summed E-state index contributed by atoms with van der Waals surface area (Å²) in [5.41, 5.74) is 0.163. The average molecular weight is 426 g/mol. The molecule has 0 saturated carbocycles. The SMILES string of the molecule is CC.CC(C)Oc1cc(F)ccc1C1(CCCO)CCN(C(=O)OC(C)(C)C)CC1. The summed E-state index contributed by atoms with van der Waals surface area (Å²) in [5.74, 6) is 0.224. The van der Waals surface area contributed by atoms with Gasteiger partial charge in [-0.15, -0.1) is 0 Å². The lowest BCUT2D eigenvalue weighted by Gasteiger charge is -2.43. The van der Waals surface area contributed by atoms with Crippen LogP contribution in [0.1, 0.15) is 79.7 Å². The van der Waals surface area contributed by atoms with Crippen LogP contribution in [0.3, 0.4) is 0 Å². The molecule has 0 bridgehead atoms. The van der Waals surface area contributed by atoms with Crippen LogP contribution in [0.2, 0.25) is 0 Å². The molecule has 0 unspecified atom stereocenters. The Morgan fingerprint density at radius 3 is 2.33 bits per heavy atom. The summed E-state index contributed by atoms with van der Waals surface area (Å²) in [6.45, 7) is 14.6. The summed E-state index contributed by atoms with van der Waals surface area (Å²) >= 11 is 0. The van der Waals surface area contributed by atoms with Crippen molar-refractivity contribution in [2.45, 2.75) is 91.3 Å². The van der Waals surface area contributed by atoms with Crippen LogP contribution in [-0.4, -0.2) is 47.5 Å². The number of carbonyl (C=O) groups is 1. The molecule has 1 N–H and O–H groups in total. The van der Waals surface area contributed by atoms with Gasteiger partial charge in [0.25, 0.3) is 0 Å². The number of aliphatic hydroxyl groups is 1. The number of hydrogen-bond acceptors (Lipinski definition) is 4. The number of carbonyl (C=O) groups excluding carboxylic acids is 1. The second-order valence-corrected chi connectivity index (χ2v) is 8.88. The number of amides is 1. The van der Waals surface area contributed by atoms with E-state index in [4.69, 9.17) is 9.47 Å². The minimum atomic E-state index is -0.530. The molecule has 1 aromatic rings. The fourth-order valence-electron chi connectivity index (χ4n) is 3.80. The van der Waals surface area contributed by atoms with Gasteiger partial charge in [0.1, 0.15) is 17.2 Å². The van der Waals surface area contributed by atoms with Crippen molar-refractivity contribution in [1.29, 1.82) is 0 Å². The van der Waals surface area contributed by atoms with Crippen LogP contribution in [0.15, 0.2) is 18.2 Å². The Kier molecular flexibility index (Phi) is 10.1. The highest BCUT2D eigenvalue weighted by atomic mass is 19.1. The molecule has 0 spiro atoms. The number of rotatable bonds is 6. The lowest BCUT2D eigenvalue weighted by atomic mass is 9.69. The van der Waals surface area contributed by atoms with Gasteiger partial charge in [-0.05, 0) is 66.4 Å². The Balaban J connectivity index is 0.00000218. The number of piperidine rings is 1. The first-order valence-corrected chi connectivity index (χ1v) is 11.1. The highest BCUT2D eigenvalue weighted by Crippen LogP contribution is 2.44. The topological polar surface area (TPSA) is 59.0 Å². The van der Waals surface area contributed by atoms with Gasteiger partial charge in [-0.2, -0.15) is 0 Å². The molecule has 1 aliphatic rings. The van der Waals surface area contributed by atoms with Crippen molar-refractivity contribution in [2.75, 3.05) is 19.7 Å². The van der Waals surface area contributed by atoms with Crippen LogP contribution in [0.25, 0.3) is 0 Å². The maximum Gasteiger partial charge on any atom is 0.410 e. The third-order valence-corrected chi connectivity index (χ3v) is 5.06. The first-order valence-electron chi connectivity index (χ1n) is 11.1. The molecule has 1 aromatic carbocycles. The van der Waals surface area contributed by atoms with Crippen LogP contribution in [-0.2, 0) is 10.2 Å². The fourth-order valence-corrected chi connectivity index (χ4v) is 3.80. The molecule has 5 nitrogen and oxygen atoms in total. The summed E-state index contributed by atoms with van der Waals surface area (Å²) in [5, 5.41) is 9.41. The molecule has 2 rings (SSSR count). The van der Waals surface area contributed by atoms with Crippen molar-refractivity contribution in [3.8, 4) is 5.75 Å². The number of benzene rings is 1. The van der Waals surface area contributed by atoms with Crippen molar-refractivity contribution in [1.82, 2.24) is 4.90 Å². The van der Waals surface area contributed by atoms with Crippen molar-refractivity contribution < 1.29 is 23.8 Å². The lowest BCUT2D eigenvalue weighted by molar-refractivity contribution is 0.0153. The Bertz CT molecular complexity index is 662. The van der Waals surface area contributed by atoms with Gasteiger partial charge in [0.05, 0.1) is 6.10 Å². The molecule has 1 saturated heterocycles. The molecule has 172 valence electrons. The zero-order valence-corrected chi connectivity index (χ0v) is 19.8. The van der Waals surface area contributed by atoms with Gasteiger partial charge in [0.15, 0.2) is 0 Å². The van der Waals surface area contributed by atoms with Gasteiger partial charge < -0.3 is 19.5 Å². The highest BCUT2D eigenvalue weighted by Gasteiger charge is 2.40. The summed E-state index contributed by atoms with van der Waals surface area (Å²) < 4.78 is 25.3. The fraction of sp³-hybridized carbons (Fsp3) is 0.708. The van der Waals surface area contributed by atoms with E-state index in [1.807, 2.05) is 48.5 Å². The van der Waals surface area contributed by atoms with Crippen LogP contribution >= 0.6 is 0 Å². The third-order valence-electron chi connectivity index (χ3n) is 5.06. The summed E-state index contributed by atoms with van der Waals surface area (Å²) in [7, 11) is 0. The predicted molar refractivity (Wildman–Crippen MR) is 119 cm³/mol. The minimum absolute atomic E-state index is 0.0719. The number of nitrogens with zero attached hydrogens (tertiary/aromatic N) is 1. The summed E-state index contributed by atoms with van der Waals surface area (Å²) in [4.78, 5) is 14.2. The van der Waals surface area contributed by atoms with E-state index >= 15 is 0 Å². The van der Waals surface area contributed by atoms with Gasteiger partial charge in [0, 0.05) is 36.7 Å². The summed E-state index contributed by atoms with van der Waals surface area (Å²) in [6, 6.07) is 4.70. The van der Waals surface area contributed by atoms with Gasteiger partial charge in [-0.3, -0.25) is 0 Å². The first-order chi connectivity index (χ1) is 14.1. The maximum atomic E-state index is 13.9. The molecule has 30 heavy (non-hydrogen) atoms. The molecule has 1 amide bonds. The zero-order chi connectivity index (χ0) is 22.9. The van der Waals surface area contributed by atoms with E-state index in [1.54, 1.807) is 11.0 Å². The second-order valence-electron chi connectivity index (χ2n) is 8.88. The van der Waals surface area contributed by atoms with Crippen molar-refractivity contribution in [2.24, 2.45) is 0 Å².